The lowest BCUT2D eigenvalue weighted by Gasteiger charge is -2.09. The zero-order chi connectivity index (χ0) is 13.0. The van der Waals surface area contributed by atoms with Crippen LogP contribution in [0, 0.1) is 11.6 Å². The van der Waals surface area contributed by atoms with Gasteiger partial charge >= 0.3 is 0 Å². The molecule has 0 aliphatic carbocycles. The Morgan fingerprint density at radius 2 is 2.00 bits per heavy atom. The van der Waals surface area contributed by atoms with Crippen molar-refractivity contribution in [1.82, 2.24) is 4.72 Å². The van der Waals surface area contributed by atoms with E-state index >= 15 is 0 Å². The number of hydrogen-bond donors (Lipinski definition) is 1. The minimum absolute atomic E-state index is 0.0537. The van der Waals surface area contributed by atoms with Gasteiger partial charge in [-0.05, 0) is 31.9 Å². The first-order valence-corrected chi connectivity index (χ1v) is 6.22. The molecule has 94 valence electrons. The third kappa shape index (κ3) is 3.78. The molecule has 0 spiro atoms. The highest BCUT2D eigenvalue weighted by Crippen LogP contribution is 2.24. The van der Waals surface area contributed by atoms with Crippen molar-refractivity contribution < 1.29 is 13.6 Å². The summed E-state index contributed by atoms with van der Waals surface area (Å²) in [7, 11) is 0. The predicted octanol–water partition coefficient (Wildman–Crippen LogP) is 3.56. The van der Waals surface area contributed by atoms with E-state index in [2.05, 4.69) is 4.72 Å². The van der Waals surface area contributed by atoms with Crippen LogP contribution in [0.2, 0.25) is 0 Å². The quantitative estimate of drug-likeness (QED) is 0.647. The molecule has 0 unspecified atom stereocenters. The van der Waals surface area contributed by atoms with Crippen molar-refractivity contribution in [3.8, 4) is 0 Å². The molecule has 0 heterocycles. The summed E-state index contributed by atoms with van der Waals surface area (Å²) in [5.41, 5.74) is -0.0537. The summed E-state index contributed by atoms with van der Waals surface area (Å²) in [6.07, 6.45) is 0.199. The van der Waals surface area contributed by atoms with Crippen LogP contribution in [-0.4, -0.2) is 11.8 Å². The fourth-order valence-corrected chi connectivity index (χ4v) is 1.89. The Hall–Kier alpha value is -0.940. The number of carbonyl (C=O) groups excluding carboxylic acids is 1. The van der Waals surface area contributed by atoms with E-state index in [-0.39, 0.29) is 28.7 Å². The van der Waals surface area contributed by atoms with Gasteiger partial charge in [-0.25, -0.2) is 8.78 Å². The molecule has 0 bridgehead atoms. The van der Waals surface area contributed by atoms with Crippen LogP contribution in [0.1, 0.15) is 37.6 Å². The van der Waals surface area contributed by atoms with Crippen molar-refractivity contribution in [3.05, 3.63) is 29.3 Å². The van der Waals surface area contributed by atoms with Crippen LogP contribution in [0.25, 0.3) is 0 Å². The molecule has 0 amide bonds. The molecule has 1 aromatic rings. The summed E-state index contributed by atoms with van der Waals surface area (Å²) in [4.78, 5) is 11.7. The Morgan fingerprint density at radius 1 is 1.35 bits per heavy atom. The average Bonchev–Trinajstić information content (AvgIpc) is 2.26. The highest BCUT2D eigenvalue weighted by atomic mass is 32.2. The maximum Gasteiger partial charge on any atom is 0.165 e. The van der Waals surface area contributed by atoms with E-state index in [1.165, 1.54) is 6.07 Å². The first-order valence-electron chi connectivity index (χ1n) is 5.40. The van der Waals surface area contributed by atoms with Crippen LogP contribution < -0.4 is 4.72 Å². The molecule has 0 saturated carbocycles. The Morgan fingerprint density at radius 3 is 2.53 bits per heavy atom. The molecular weight excluding hydrogens is 244 g/mol. The zero-order valence-corrected chi connectivity index (χ0v) is 10.8. The smallest absolute Gasteiger partial charge is 0.165 e. The van der Waals surface area contributed by atoms with Crippen LogP contribution in [-0.2, 0) is 0 Å². The second-order valence-electron chi connectivity index (χ2n) is 3.91. The van der Waals surface area contributed by atoms with E-state index in [4.69, 9.17) is 0 Å². The van der Waals surface area contributed by atoms with Gasteiger partial charge in [0.05, 0.1) is 10.5 Å². The fraction of sp³-hybridized carbons (Fsp3) is 0.417. The van der Waals surface area contributed by atoms with E-state index in [0.717, 1.165) is 18.0 Å². The van der Waals surface area contributed by atoms with Crippen molar-refractivity contribution >= 4 is 17.7 Å². The van der Waals surface area contributed by atoms with Crippen LogP contribution >= 0.6 is 11.9 Å². The van der Waals surface area contributed by atoms with Crippen molar-refractivity contribution in [2.75, 3.05) is 0 Å². The zero-order valence-electron chi connectivity index (χ0n) is 10.0. The van der Waals surface area contributed by atoms with Crippen LogP contribution in [0.3, 0.4) is 0 Å². The van der Waals surface area contributed by atoms with Crippen LogP contribution in [0.15, 0.2) is 17.0 Å². The molecule has 0 radical (unpaired) electrons. The lowest BCUT2D eigenvalue weighted by Crippen LogP contribution is -2.14. The SMILES string of the molecule is CCC(=O)c1cc(SNC(C)C)c(F)cc1F. The highest BCUT2D eigenvalue weighted by molar-refractivity contribution is 7.97. The van der Waals surface area contributed by atoms with Crippen LogP contribution in [0.5, 0.6) is 0 Å². The predicted molar refractivity (Wildman–Crippen MR) is 65.1 cm³/mol. The standard InChI is InChI=1S/C12H15F2NOS/c1-4-11(16)8-5-12(17-15-7(2)3)10(14)6-9(8)13/h5-7,15H,4H2,1-3H3. The van der Waals surface area contributed by atoms with Gasteiger partial charge < -0.3 is 0 Å². The number of halogens is 2. The molecule has 17 heavy (non-hydrogen) atoms. The minimum Gasteiger partial charge on any atom is -0.294 e. The average molecular weight is 259 g/mol. The van der Waals surface area contributed by atoms with Crippen molar-refractivity contribution in [1.29, 1.82) is 0 Å². The molecule has 0 aliphatic rings. The normalized spacial score (nSPS) is 10.9. The van der Waals surface area contributed by atoms with E-state index in [0.29, 0.717) is 0 Å². The van der Waals surface area contributed by atoms with Gasteiger partial charge in [0.25, 0.3) is 0 Å². The lowest BCUT2D eigenvalue weighted by molar-refractivity contribution is 0.0984. The number of nitrogens with one attached hydrogen (secondary N) is 1. The molecule has 1 aromatic carbocycles. The number of carbonyl (C=O) groups is 1. The molecule has 2 nitrogen and oxygen atoms in total. The Balaban J connectivity index is 3.01. The highest BCUT2D eigenvalue weighted by Gasteiger charge is 2.15. The first-order chi connectivity index (χ1) is 7.95. The molecule has 0 saturated heterocycles. The lowest BCUT2D eigenvalue weighted by atomic mass is 10.1. The molecule has 5 heteroatoms. The maximum atomic E-state index is 13.4. The summed E-state index contributed by atoms with van der Waals surface area (Å²) in [6.45, 7) is 5.46. The van der Waals surface area contributed by atoms with Crippen molar-refractivity contribution in [3.63, 3.8) is 0 Å². The van der Waals surface area contributed by atoms with Crippen molar-refractivity contribution in [2.45, 2.75) is 38.1 Å². The van der Waals surface area contributed by atoms with E-state index in [1.807, 2.05) is 13.8 Å². The fourth-order valence-electron chi connectivity index (χ4n) is 1.19. The number of Topliss-reactive ketones (excluding diaryl/α,β-unsaturated/α-hetero) is 1. The number of rotatable bonds is 5. The molecular formula is C12H15F2NOS. The first kappa shape index (κ1) is 14.1. The molecule has 0 atom stereocenters. The summed E-state index contributed by atoms with van der Waals surface area (Å²) < 4.78 is 29.8. The molecule has 0 fully saturated rings. The topological polar surface area (TPSA) is 29.1 Å². The molecule has 1 rings (SSSR count). The van der Waals surface area contributed by atoms with E-state index in [1.54, 1.807) is 6.92 Å². The summed E-state index contributed by atoms with van der Waals surface area (Å²) >= 11 is 1.06. The minimum atomic E-state index is -0.803. The molecule has 1 N–H and O–H groups in total. The van der Waals surface area contributed by atoms with Gasteiger partial charge in [0, 0.05) is 18.5 Å². The number of hydrogen-bond acceptors (Lipinski definition) is 3. The monoisotopic (exact) mass is 259 g/mol. The van der Waals surface area contributed by atoms with Crippen LogP contribution in [0.4, 0.5) is 8.78 Å². The van der Waals surface area contributed by atoms with E-state index in [9.17, 15) is 13.6 Å². The Kier molecular flexibility index (Phi) is 5.08. The van der Waals surface area contributed by atoms with Gasteiger partial charge in [-0.3, -0.25) is 9.52 Å². The summed E-state index contributed by atoms with van der Waals surface area (Å²) in [5.74, 6) is -1.79. The second kappa shape index (κ2) is 6.12. The summed E-state index contributed by atoms with van der Waals surface area (Å²) in [5, 5.41) is 0. The van der Waals surface area contributed by atoms with E-state index < -0.39 is 11.6 Å². The molecule has 0 aromatic heterocycles. The Labute approximate surface area is 104 Å². The summed E-state index contributed by atoms with van der Waals surface area (Å²) in [6, 6.07) is 2.18. The van der Waals surface area contributed by atoms with Gasteiger partial charge in [-0.15, -0.1) is 0 Å². The van der Waals surface area contributed by atoms with Crippen molar-refractivity contribution in [2.24, 2.45) is 0 Å². The Bertz CT molecular complexity index is 421. The third-order valence-corrected chi connectivity index (χ3v) is 3.17. The maximum absolute atomic E-state index is 13.4. The second-order valence-corrected chi connectivity index (χ2v) is 4.79. The third-order valence-electron chi connectivity index (χ3n) is 2.05. The largest absolute Gasteiger partial charge is 0.294 e. The van der Waals surface area contributed by atoms with Gasteiger partial charge in [0.15, 0.2) is 5.78 Å². The van der Waals surface area contributed by atoms with Gasteiger partial charge in [-0.1, -0.05) is 6.92 Å². The van der Waals surface area contributed by atoms with Gasteiger partial charge in [0.2, 0.25) is 0 Å². The van der Waals surface area contributed by atoms with Gasteiger partial charge in [0.1, 0.15) is 11.6 Å². The molecule has 0 aliphatic heterocycles. The van der Waals surface area contributed by atoms with Gasteiger partial charge in [-0.2, -0.15) is 0 Å². The number of benzene rings is 1. The number of ketones is 1.